The quantitative estimate of drug-likeness (QED) is 0.798. The van der Waals surface area contributed by atoms with E-state index in [1.165, 1.54) is 16.2 Å². The summed E-state index contributed by atoms with van der Waals surface area (Å²) < 4.78 is 0. The van der Waals surface area contributed by atoms with Gasteiger partial charge in [0.2, 0.25) is 0 Å². The predicted octanol–water partition coefficient (Wildman–Crippen LogP) is 3.09. The van der Waals surface area contributed by atoms with Crippen LogP contribution in [0.2, 0.25) is 5.02 Å². The first kappa shape index (κ1) is 13.4. The van der Waals surface area contributed by atoms with Gasteiger partial charge >= 0.3 is 6.03 Å². The Kier molecular flexibility index (Phi) is 3.86. The minimum atomic E-state index is -0.336. The van der Waals surface area contributed by atoms with Gasteiger partial charge in [0.1, 0.15) is 0 Å². The van der Waals surface area contributed by atoms with Crippen molar-refractivity contribution in [2.75, 3.05) is 17.2 Å². The van der Waals surface area contributed by atoms with Crippen LogP contribution in [0.3, 0.4) is 0 Å². The van der Waals surface area contributed by atoms with Crippen LogP contribution in [0.4, 0.5) is 15.6 Å². The fourth-order valence-corrected chi connectivity index (χ4v) is 3.15. The first-order valence-electron chi connectivity index (χ1n) is 6.24. The van der Waals surface area contributed by atoms with Crippen molar-refractivity contribution in [2.45, 2.75) is 13.0 Å². The van der Waals surface area contributed by atoms with Gasteiger partial charge in [-0.05, 0) is 12.1 Å². The molecule has 1 aliphatic heterocycles. The van der Waals surface area contributed by atoms with Crippen LogP contribution >= 0.6 is 22.9 Å². The standard InChI is InChI=1S/C13H13ClN4OS/c14-8-3-1-2-4-9(8)16-12(19)18-13-17-10-5-6-15-7-11(10)20-13/h1-4,15H,5-7H2,(H2,16,17,18,19). The van der Waals surface area contributed by atoms with E-state index >= 15 is 0 Å². The Balaban J connectivity index is 1.67. The molecule has 7 heteroatoms. The summed E-state index contributed by atoms with van der Waals surface area (Å²) in [7, 11) is 0. The summed E-state index contributed by atoms with van der Waals surface area (Å²) in [5, 5.41) is 9.85. The monoisotopic (exact) mass is 308 g/mol. The van der Waals surface area contributed by atoms with Gasteiger partial charge < -0.3 is 10.6 Å². The summed E-state index contributed by atoms with van der Waals surface area (Å²) >= 11 is 7.49. The van der Waals surface area contributed by atoms with Gasteiger partial charge in [-0.3, -0.25) is 5.32 Å². The maximum absolute atomic E-state index is 11.9. The fraction of sp³-hybridized carbons (Fsp3) is 0.231. The molecule has 5 nitrogen and oxygen atoms in total. The second-order valence-corrected chi connectivity index (χ2v) is 5.87. The molecule has 3 N–H and O–H groups in total. The van der Waals surface area contributed by atoms with Crippen molar-refractivity contribution in [1.82, 2.24) is 10.3 Å². The maximum atomic E-state index is 11.9. The molecule has 0 aliphatic carbocycles. The lowest BCUT2D eigenvalue weighted by molar-refractivity contribution is 0.262. The van der Waals surface area contributed by atoms with Gasteiger partial charge in [-0.15, -0.1) is 11.3 Å². The van der Waals surface area contributed by atoms with Crippen molar-refractivity contribution in [3.05, 3.63) is 39.9 Å². The number of benzene rings is 1. The molecular formula is C13H13ClN4OS. The van der Waals surface area contributed by atoms with Gasteiger partial charge in [0, 0.05) is 24.4 Å². The number of hydrogen-bond acceptors (Lipinski definition) is 4. The van der Waals surface area contributed by atoms with E-state index in [0.717, 1.165) is 25.2 Å². The molecule has 1 aromatic carbocycles. The number of amides is 2. The topological polar surface area (TPSA) is 66.0 Å². The highest BCUT2D eigenvalue weighted by molar-refractivity contribution is 7.15. The highest BCUT2D eigenvalue weighted by atomic mass is 35.5. The molecule has 0 unspecified atom stereocenters. The second kappa shape index (κ2) is 5.78. The number of anilines is 2. The number of urea groups is 1. The van der Waals surface area contributed by atoms with E-state index in [0.29, 0.717) is 15.8 Å². The molecule has 0 radical (unpaired) electrons. The first-order chi connectivity index (χ1) is 9.72. The molecule has 20 heavy (non-hydrogen) atoms. The van der Waals surface area contributed by atoms with Crippen LogP contribution in [0.25, 0.3) is 0 Å². The van der Waals surface area contributed by atoms with Gasteiger partial charge in [0.25, 0.3) is 0 Å². The van der Waals surface area contributed by atoms with Crippen LogP contribution in [0.1, 0.15) is 10.6 Å². The van der Waals surface area contributed by atoms with Crippen LogP contribution in [-0.4, -0.2) is 17.6 Å². The van der Waals surface area contributed by atoms with Crippen molar-refractivity contribution in [3.8, 4) is 0 Å². The molecule has 0 atom stereocenters. The lowest BCUT2D eigenvalue weighted by Crippen LogP contribution is -2.22. The second-order valence-electron chi connectivity index (χ2n) is 4.37. The number of thiazole rings is 1. The van der Waals surface area contributed by atoms with Crippen molar-refractivity contribution in [2.24, 2.45) is 0 Å². The Morgan fingerprint density at radius 3 is 3.00 bits per heavy atom. The Bertz CT molecular complexity index is 620. The normalized spacial score (nSPS) is 13.7. The molecule has 0 bridgehead atoms. The highest BCUT2D eigenvalue weighted by Gasteiger charge is 2.16. The lowest BCUT2D eigenvalue weighted by Gasteiger charge is -2.09. The number of nitrogens with zero attached hydrogens (tertiary/aromatic N) is 1. The minimum absolute atomic E-state index is 0.336. The van der Waals surface area contributed by atoms with Crippen molar-refractivity contribution < 1.29 is 4.79 Å². The fourth-order valence-electron chi connectivity index (χ4n) is 1.99. The number of para-hydroxylation sites is 1. The Morgan fingerprint density at radius 1 is 1.35 bits per heavy atom. The van der Waals surface area contributed by atoms with Crippen LogP contribution in [0.5, 0.6) is 0 Å². The molecule has 104 valence electrons. The summed E-state index contributed by atoms with van der Waals surface area (Å²) in [6.07, 6.45) is 0.902. The average molecular weight is 309 g/mol. The Hall–Kier alpha value is -1.63. The van der Waals surface area contributed by atoms with Crippen LogP contribution in [0.15, 0.2) is 24.3 Å². The zero-order valence-electron chi connectivity index (χ0n) is 10.6. The van der Waals surface area contributed by atoms with E-state index in [1.54, 1.807) is 12.1 Å². The average Bonchev–Trinajstić information content (AvgIpc) is 2.83. The molecule has 2 amide bonds. The molecule has 2 aromatic rings. The molecule has 2 heterocycles. The summed E-state index contributed by atoms with van der Waals surface area (Å²) in [6.45, 7) is 1.75. The minimum Gasteiger partial charge on any atom is -0.311 e. The number of hydrogen-bond donors (Lipinski definition) is 3. The number of aromatic nitrogens is 1. The van der Waals surface area contributed by atoms with Gasteiger partial charge in [0.05, 0.1) is 16.4 Å². The van der Waals surface area contributed by atoms with Crippen LogP contribution < -0.4 is 16.0 Å². The van der Waals surface area contributed by atoms with Crippen molar-refractivity contribution >= 4 is 39.8 Å². The Labute approximate surface area is 125 Å². The van der Waals surface area contributed by atoms with E-state index in [2.05, 4.69) is 20.9 Å². The van der Waals surface area contributed by atoms with Gasteiger partial charge in [-0.2, -0.15) is 0 Å². The summed E-state index contributed by atoms with van der Waals surface area (Å²) in [4.78, 5) is 17.5. The molecule has 1 aromatic heterocycles. The summed E-state index contributed by atoms with van der Waals surface area (Å²) in [5.74, 6) is 0. The van der Waals surface area contributed by atoms with Gasteiger partial charge in [0.15, 0.2) is 5.13 Å². The Morgan fingerprint density at radius 2 is 2.20 bits per heavy atom. The number of carbonyl (C=O) groups is 1. The third-order valence-corrected chi connectivity index (χ3v) is 4.29. The van der Waals surface area contributed by atoms with Crippen LogP contribution in [-0.2, 0) is 13.0 Å². The molecule has 0 saturated carbocycles. The summed E-state index contributed by atoms with van der Waals surface area (Å²) in [6, 6.07) is 6.77. The SMILES string of the molecule is O=C(Nc1nc2c(s1)CNCC2)Nc1ccccc1Cl. The van der Waals surface area contributed by atoms with E-state index in [-0.39, 0.29) is 6.03 Å². The van der Waals surface area contributed by atoms with E-state index in [1.807, 2.05) is 12.1 Å². The number of rotatable bonds is 2. The van der Waals surface area contributed by atoms with Crippen molar-refractivity contribution in [3.63, 3.8) is 0 Å². The molecule has 3 rings (SSSR count). The third-order valence-electron chi connectivity index (χ3n) is 2.94. The zero-order chi connectivity index (χ0) is 13.9. The number of nitrogens with one attached hydrogen (secondary N) is 3. The number of fused-ring (bicyclic) bond motifs is 1. The van der Waals surface area contributed by atoms with Crippen LogP contribution in [0, 0.1) is 0 Å². The smallest absolute Gasteiger partial charge is 0.311 e. The van der Waals surface area contributed by atoms with Crippen molar-refractivity contribution in [1.29, 1.82) is 0 Å². The molecule has 1 aliphatic rings. The first-order valence-corrected chi connectivity index (χ1v) is 7.43. The molecule has 0 spiro atoms. The van der Waals surface area contributed by atoms with E-state index in [9.17, 15) is 4.79 Å². The third kappa shape index (κ3) is 2.92. The van der Waals surface area contributed by atoms with E-state index in [4.69, 9.17) is 11.6 Å². The zero-order valence-corrected chi connectivity index (χ0v) is 12.1. The lowest BCUT2D eigenvalue weighted by atomic mass is 10.2. The molecule has 0 saturated heterocycles. The molecule has 0 fully saturated rings. The number of carbonyl (C=O) groups excluding carboxylic acids is 1. The molecular weight excluding hydrogens is 296 g/mol. The van der Waals surface area contributed by atoms with E-state index < -0.39 is 0 Å². The summed E-state index contributed by atoms with van der Waals surface area (Å²) in [5.41, 5.74) is 1.65. The maximum Gasteiger partial charge on any atom is 0.325 e. The van der Waals surface area contributed by atoms with Gasteiger partial charge in [-0.1, -0.05) is 23.7 Å². The van der Waals surface area contributed by atoms with Gasteiger partial charge in [-0.25, -0.2) is 9.78 Å². The largest absolute Gasteiger partial charge is 0.325 e. The number of halogens is 1. The highest BCUT2D eigenvalue weighted by Crippen LogP contribution is 2.26. The predicted molar refractivity (Wildman–Crippen MR) is 81.6 cm³/mol.